The van der Waals surface area contributed by atoms with E-state index in [4.69, 9.17) is 4.74 Å². The lowest BCUT2D eigenvalue weighted by atomic mass is 10.1. The molecule has 2 heterocycles. The predicted molar refractivity (Wildman–Crippen MR) is 130 cm³/mol. The predicted octanol–water partition coefficient (Wildman–Crippen LogP) is 3.97. The molecule has 174 valence electrons. The summed E-state index contributed by atoms with van der Waals surface area (Å²) in [5.41, 5.74) is 3.40. The number of anilines is 3. The van der Waals surface area contributed by atoms with E-state index in [1.54, 1.807) is 36.5 Å². The first-order chi connectivity index (χ1) is 16.4. The fourth-order valence-corrected chi connectivity index (χ4v) is 3.19. The Bertz CT molecular complexity index is 1340. The Hall–Kier alpha value is -4.31. The van der Waals surface area contributed by atoms with Gasteiger partial charge < -0.3 is 20.3 Å². The minimum absolute atomic E-state index is 0.314. The van der Waals surface area contributed by atoms with Gasteiger partial charge in [-0.1, -0.05) is 18.7 Å². The van der Waals surface area contributed by atoms with Gasteiger partial charge in [-0.2, -0.15) is 5.10 Å². The molecule has 0 saturated heterocycles. The van der Waals surface area contributed by atoms with Crippen molar-refractivity contribution in [1.29, 1.82) is 0 Å². The highest BCUT2D eigenvalue weighted by molar-refractivity contribution is 6.00. The fourth-order valence-electron chi connectivity index (χ4n) is 3.19. The summed E-state index contributed by atoms with van der Waals surface area (Å²) in [6.45, 7) is 4.68. The normalized spacial score (nSPS) is 10.9. The van der Waals surface area contributed by atoms with Crippen LogP contribution < -0.4 is 15.4 Å². The summed E-state index contributed by atoms with van der Waals surface area (Å²) < 4.78 is 19.5. The zero-order valence-electron chi connectivity index (χ0n) is 18.8. The van der Waals surface area contributed by atoms with Crippen LogP contribution in [0.3, 0.4) is 0 Å². The third-order valence-electron chi connectivity index (χ3n) is 4.87. The highest BCUT2D eigenvalue weighted by Crippen LogP contribution is 2.30. The number of benzene rings is 2. The molecule has 0 aliphatic carbocycles. The molecule has 1 amide bonds. The third-order valence-corrected chi connectivity index (χ3v) is 4.87. The minimum atomic E-state index is -0.358. The molecule has 0 fully saturated rings. The van der Waals surface area contributed by atoms with Gasteiger partial charge in [0.25, 0.3) is 0 Å². The van der Waals surface area contributed by atoms with Crippen molar-refractivity contribution in [3.63, 3.8) is 0 Å². The molecule has 3 N–H and O–H groups in total. The van der Waals surface area contributed by atoms with Crippen LogP contribution in [-0.2, 0) is 4.79 Å². The molecule has 0 saturated carbocycles. The van der Waals surface area contributed by atoms with Crippen LogP contribution in [0, 0.1) is 5.82 Å². The molecule has 0 atom stereocenters. The van der Waals surface area contributed by atoms with Crippen LogP contribution in [0.5, 0.6) is 5.75 Å². The Kier molecular flexibility index (Phi) is 6.79. The Balaban J connectivity index is 1.61. The van der Waals surface area contributed by atoms with Gasteiger partial charge in [0.05, 0.1) is 11.9 Å². The number of halogens is 1. The van der Waals surface area contributed by atoms with Crippen LogP contribution >= 0.6 is 0 Å². The maximum atomic E-state index is 13.7. The second-order valence-corrected chi connectivity index (χ2v) is 7.72. The van der Waals surface area contributed by atoms with Gasteiger partial charge in [0.15, 0.2) is 0 Å². The first kappa shape index (κ1) is 22.9. The Morgan fingerprint density at radius 2 is 2.12 bits per heavy atom. The van der Waals surface area contributed by atoms with Crippen molar-refractivity contribution < 1.29 is 13.9 Å². The lowest BCUT2D eigenvalue weighted by Crippen LogP contribution is -2.20. The largest absolute Gasteiger partial charge is 0.490 e. The smallest absolute Gasteiger partial charge is 0.247 e. The number of carbonyl (C=O) groups excluding carboxylic acids is 1. The van der Waals surface area contributed by atoms with Gasteiger partial charge in [-0.05, 0) is 50.5 Å². The van der Waals surface area contributed by atoms with Crippen molar-refractivity contribution in [2.24, 2.45) is 0 Å². The summed E-state index contributed by atoms with van der Waals surface area (Å²) in [6, 6.07) is 11.4. The highest BCUT2D eigenvalue weighted by Gasteiger charge is 2.13. The molecule has 0 aliphatic heterocycles. The molecule has 4 rings (SSSR count). The van der Waals surface area contributed by atoms with Gasteiger partial charge in [-0.25, -0.2) is 14.4 Å². The zero-order chi connectivity index (χ0) is 24.1. The molecule has 0 aliphatic rings. The number of ether oxygens (including phenoxy) is 1. The summed E-state index contributed by atoms with van der Waals surface area (Å²) in [5, 5.41) is 13.0. The van der Waals surface area contributed by atoms with Crippen molar-refractivity contribution in [3.8, 4) is 17.0 Å². The van der Waals surface area contributed by atoms with Crippen LogP contribution in [0.4, 0.5) is 21.7 Å². The van der Waals surface area contributed by atoms with E-state index in [0.717, 1.165) is 6.54 Å². The number of hydrogen-bond acceptors (Lipinski definition) is 7. The van der Waals surface area contributed by atoms with Crippen LogP contribution in [-0.4, -0.2) is 58.2 Å². The van der Waals surface area contributed by atoms with Crippen molar-refractivity contribution in [2.75, 3.05) is 37.9 Å². The van der Waals surface area contributed by atoms with Gasteiger partial charge in [-0.3, -0.25) is 9.89 Å². The minimum Gasteiger partial charge on any atom is -0.490 e. The topological polar surface area (TPSA) is 108 Å². The van der Waals surface area contributed by atoms with Gasteiger partial charge in [0, 0.05) is 17.8 Å². The van der Waals surface area contributed by atoms with E-state index in [2.05, 4.69) is 37.4 Å². The summed E-state index contributed by atoms with van der Waals surface area (Å²) >= 11 is 0. The van der Waals surface area contributed by atoms with Crippen molar-refractivity contribution >= 4 is 34.3 Å². The first-order valence-electron chi connectivity index (χ1n) is 10.5. The molecule has 0 spiro atoms. The van der Waals surface area contributed by atoms with E-state index in [1.165, 1.54) is 18.2 Å². The SMILES string of the molecule is C=CC(=O)Nc1cc(Nc2ncc3[nH]nc(-c4cccc(F)c4)c3n2)ccc1OCCN(C)C. The van der Waals surface area contributed by atoms with E-state index in [0.29, 0.717) is 52.0 Å². The number of aromatic amines is 1. The Morgan fingerprint density at radius 1 is 1.26 bits per heavy atom. The number of nitrogens with one attached hydrogen (secondary N) is 3. The average Bonchev–Trinajstić information content (AvgIpc) is 3.23. The number of nitrogens with zero attached hydrogens (tertiary/aromatic N) is 4. The summed E-state index contributed by atoms with van der Waals surface area (Å²) in [5.74, 6) is 0.129. The standard InChI is InChI=1S/C24H24FN7O2/c1-4-21(33)28-18-13-17(8-9-20(18)34-11-10-32(2)3)27-24-26-14-19-23(29-24)22(31-30-19)15-6-5-7-16(25)12-15/h4-9,12-14H,1,10-11H2,2-3H3,(H,28,33)(H,30,31)(H,26,27,29). The van der Waals surface area contributed by atoms with E-state index in [1.807, 2.05) is 19.0 Å². The number of likely N-dealkylation sites (N-methyl/N-ethyl adjacent to an activating group) is 1. The maximum absolute atomic E-state index is 13.7. The Labute approximate surface area is 195 Å². The molecular weight excluding hydrogens is 437 g/mol. The number of carbonyl (C=O) groups is 1. The number of rotatable bonds is 9. The molecule has 9 nitrogen and oxygen atoms in total. The van der Waals surface area contributed by atoms with Crippen molar-refractivity contribution in [1.82, 2.24) is 25.1 Å². The van der Waals surface area contributed by atoms with Crippen LogP contribution in [0.15, 0.2) is 61.3 Å². The Morgan fingerprint density at radius 3 is 2.88 bits per heavy atom. The maximum Gasteiger partial charge on any atom is 0.247 e. The molecule has 0 radical (unpaired) electrons. The lowest BCUT2D eigenvalue weighted by Gasteiger charge is -2.15. The molecule has 0 bridgehead atoms. The van der Waals surface area contributed by atoms with E-state index in [9.17, 15) is 9.18 Å². The number of aromatic nitrogens is 4. The molecule has 34 heavy (non-hydrogen) atoms. The third kappa shape index (κ3) is 5.36. The van der Waals surface area contributed by atoms with Crippen LogP contribution in [0.25, 0.3) is 22.3 Å². The lowest BCUT2D eigenvalue weighted by molar-refractivity contribution is -0.111. The fraction of sp³-hybridized carbons (Fsp3) is 0.167. The van der Waals surface area contributed by atoms with Gasteiger partial charge in [0.2, 0.25) is 11.9 Å². The van der Waals surface area contributed by atoms with Gasteiger partial charge >= 0.3 is 0 Å². The summed E-state index contributed by atoms with van der Waals surface area (Å²) in [7, 11) is 3.90. The van der Waals surface area contributed by atoms with E-state index in [-0.39, 0.29) is 11.7 Å². The molecule has 2 aromatic heterocycles. The number of fused-ring (bicyclic) bond motifs is 1. The number of H-pyrrole nitrogens is 1. The summed E-state index contributed by atoms with van der Waals surface area (Å²) in [6.07, 6.45) is 2.78. The van der Waals surface area contributed by atoms with Crippen LogP contribution in [0.1, 0.15) is 0 Å². The molecule has 4 aromatic rings. The van der Waals surface area contributed by atoms with E-state index >= 15 is 0 Å². The second kappa shape index (κ2) is 10.1. The highest BCUT2D eigenvalue weighted by atomic mass is 19.1. The average molecular weight is 462 g/mol. The monoisotopic (exact) mass is 461 g/mol. The summed E-state index contributed by atoms with van der Waals surface area (Å²) in [4.78, 5) is 22.8. The van der Waals surface area contributed by atoms with Crippen LogP contribution in [0.2, 0.25) is 0 Å². The molecular formula is C24H24FN7O2. The van der Waals surface area contributed by atoms with Crippen molar-refractivity contribution in [3.05, 3.63) is 67.1 Å². The van der Waals surface area contributed by atoms with Crippen molar-refractivity contribution in [2.45, 2.75) is 0 Å². The molecule has 2 aromatic carbocycles. The molecule has 10 heteroatoms. The van der Waals surface area contributed by atoms with Gasteiger partial charge in [-0.15, -0.1) is 0 Å². The second-order valence-electron chi connectivity index (χ2n) is 7.72. The first-order valence-corrected chi connectivity index (χ1v) is 10.5. The molecule has 0 unspecified atom stereocenters. The number of hydrogen-bond donors (Lipinski definition) is 3. The quantitative estimate of drug-likeness (QED) is 0.324. The number of amides is 1. The zero-order valence-corrected chi connectivity index (χ0v) is 18.8. The van der Waals surface area contributed by atoms with E-state index < -0.39 is 0 Å². The van der Waals surface area contributed by atoms with Gasteiger partial charge in [0.1, 0.15) is 34.9 Å².